The number of allylic oxidation sites excluding steroid dienone is 3. The molecular formula is C5H9O3P. The first-order chi connectivity index (χ1) is 4.02. The maximum atomic E-state index is 10.3. The second kappa shape index (κ2) is 2.97. The van der Waals surface area contributed by atoms with Gasteiger partial charge in [-0.3, -0.25) is 4.57 Å². The van der Waals surface area contributed by atoms with Crippen LogP contribution in [0.2, 0.25) is 0 Å². The molecule has 0 aliphatic carbocycles. The molecule has 0 fully saturated rings. The van der Waals surface area contributed by atoms with Gasteiger partial charge in [-0.1, -0.05) is 18.7 Å². The number of rotatable bonds is 2. The van der Waals surface area contributed by atoms with E-state index >= 15 is 0 Å². The third-order valence-electron chi connectivity index (χ3n) is 0.841. The molecule has 0 saturated carbocycles. The van der Waals surface area contributed by atoms with Crippen LogP contribution in [-0.4, -0.2) is 9.79 Å². The average molecular weight is 148 g/mol. The fourth-order valence-corrected chi connectivity index (χ4v) is 0.979. The fraction of sp³-hybridized carbons (Fsp3) is 0.200. The van der Waals surface area contributed by atoms with Crippen molar-refractivity contribution in [2.24, 2.45) is 0 Å². The highest BCUT2D eigenvalue weighted by Gasteiger charge is 2.15. The Kier molecular flexibility index (Phi) is 2.85. The number of hydrogen-bond acceptors (Lipinski definition) is 1. The van der Waals surface area contributed by atoms with Crippen LogP contribution >= 0.6 is 7.60 Å². The van der Waals surface area contributed by atoms with Crippen LogP contribution in [0.1, 0.15) is 6.92 Å². The Balaban J connectivity index is 4.54. The molecule has 0 atom stereocenters. The van der Waals surface area contributed by atoms with Crippen LogP contribution in [0.5, 0.6) is 0 Å². The molecule has 0 radical (unpaired) electrons. The minimum Gasteiger partial charge on any atom is -0.321 e. The van der Waals surface area contributed by atoms with Gasteiger partial charge in [0.25, 0.3) is 0 Å². The van der Waals surface area contributed by atoms with E-state index in [1.54, 1.807) is 6.92 Å². The molecule has 0 aromatic rings. The molecule has 0 spiro atoms. The van der Waals surface area contributed by atoms with Crippen molar-refractivity contribution in [1.82, 2.24) is 0 Å². The quantitative estimate of drug-likeness (QED) is 0.457. The van der Waals surface area contributed by atoms with Gasteiger partial charge in [0.15, 0.2) is 0 Å². The molecule has 0 unspecified atom stereocenters. The largest absolute Gasteiger partial charge is 0.355 e. The lowest BCUT2D eigenvalue weighted by Crippen LogP contribution is -1.78. The Morgan fingerprint density at radius 3 is 2.11 bits per heavy atom. The Morgan fingerprint density at radius 1 is 1.67 bits per heavy atom. The molecule has 3 nitrogen and oxygen atoms in total. The summed E-state index contributed by atoms with van der Waals surface area (Å²) in [6.45, 7) is 4.79. The van der Waals surface area contributed by atoms with Crippen molar-refractivity contribution >= 4 is 7.60 Å². The summed E-state index contributed by atoms with van der Waals surface area (Å²) in [5.74, 6) is 0. The maximum Gasteiger partial charge on any atom is 0.355 e. The van der Waals surface area contributed by atoms with Gasteiger partial charge in [-0.2, -0.15) is 0 Å². The van der Waals surface area contributed by atoms with E-state index in [2.05, 4.69) is 6.58 Å². The molecular weight excluding hydrogens is 139 g/mol. The Hall–Kier alpha value is -0.370. The van der Waals surface area contributed by atoms with Crippen molar-refractivity contribution in [1.29, 1.82) is 0 Å². The predicted molar refractivity (Wildman–Crippen MR) is 36.0 cm³/mol. The Morgan fingerprint density at radius 2 is 2.11 bits per heavy atom. The van der Waals surface area contributed by atoms with Gasteiger partial charge in [0.1, 0.15) is 0 Å². The number of hydrogen-bond donors (Lipinski definition) is 2. The van der Waals surface area contributed by atoms with E-state index in [-0.39, 0.29) is 5.31 Å². The van der Waals surface area contributed by atoms with Gasteiger partial charge < -0.3 is 9.79 Å². The highest BCUT2D eigenvalue weighted by atomic mass is 31.2. The van der Waals surface area contributed by atoms with Gasteiger partial charge in [0, 0.05) is 0 Å². The highest BCUT2D eigenvalue weighted by molar-refractivity contribution is 7.56. The lowest BCUT2D eigenvalue weighted by molar-refractivity contribution is 0.383. The van der Waals surface area contributed by atoms with Gasteiger partial charge >= 0.3 is 7.60 Å². The first-order valence-electron chi connectivity index (χ1n) is 2.37. The van der Waals surface area contributed by atoms with Crippen LogP contribution in [0.25, 0.3) is 0 Å². The fourth-order valence-electron chi connectivity index (χ4n) is 0.405. The molecule has 52 valence electrons. The summed E-state index contributed by atoms with van der Waals surface area (Å²) in [5.41, 5.74) is 0. The topological polar surface area (TPSA) is 57.5 Å². The average Bonchev–Trinajstić information content (AvgIpc) is 1.65. The summed E-state index contributed by atoms with van der Waals surface area (Å²) in [6, 6.07) is 0. The summed E-state index contributed by atoms with van der Waals surface area (Å²) in [5, 5.41) is -0.0255. The van der Waals surface area contributed by atoms with Crippen LogP contribution in [0.4, 0.5) is 0 Å². The Labute approximate surface area is 53.9 Å². The van der Waals surface area contributed by atoms with Crippen molar-refractivity contribution in [3.63, 3.8) is 0 Å². The summed E-state index contributed by atoms with van der Waals surface area (Å²) in [4.78, 5) is 16.9. The van der Waals surface area contributed by atoms with Gasteiger partial charge in [0.05, 0.1) is 5.31 Å². The molecule has 0 rings (SSSR count). The molecule has 0 aliphatic heterocycles. The minimum absolute atomic E-state index is 0.0255. The smallest absolute Gasteiger partial charge is 0.321 e. The zero-order valence-corrected chi connectivity index (χ0v) is 6.01. The molecule has 2 N–H and O–H groups in total. The van der Waals surface area contributed by atoms with E-state index in [1.165, 1.54) is 6.08 Å². The maximum absolute atomic E-state index is 10.3. The zero-order chi connectivity index (χ0) is 7.49. The molecule has 0 aromatic heterocycles. The van der Waals surface area contributed by atoms with Crippen molar-refractivity contribution in [2.75, 3.05) is 0 Å². The molecule has 0 aromatic carbocycles. The first kappa shape index (κ1) is 8.63. The van der Waals surface area contributed by atoms with Crippen molar-refractivity contribution in [2.45, 2.75) is 6.92 Å². The standard InChI is InChI=1S/C5H9O3P/c1-3-5(4-2)9(6,7)8/h3-4H,1H2,2H3,(H2,6,7,8). The van der Waals surface area contributed by atoms with Crippen LogP contribution in [-0.2, 0) is 4.57 Å². The van der Waals surface area contributed by atoms with Crippen molar-refractivity contribution < 1.29 is 14.4 Å². The normalized spacial score (nSPS) is 13.4. The summed E-state index contributed by atoms with van der Waals surface area (Å²) < 4.78 is 10.3. The van der Waals surface area contributed by atoms with Crippen LogP contribution in [0.3, 0.4) is 0 Å². The third kappa shape index (κ3) is 2.61. The molecule has 0 amide bonds. The second-order valence-electron chi connectivity index (χ2n) is 1.46. The first-order valence-corrected chi connectivity index (χ1v) is 3.98. The summed E-state index contributed by atoms with van der Waals surface area (Å²) >= 11 is 0. The lowest BCUT2D eigenvalue weighted by atomic mass is 10.5. The minimum atomic E-state index is -4.03. The van der Waals surface area contributed by atoms with Gasteiger partial charge in [-0.05, 0) is 6.92 Å². The van der Waals surface area contributed by atoms with E-state index in [0.717, 1.165) is 6.08 Å². The Bertz CT molecular complexity index is 177. The summed E-state index contributed by atoms with van der Waals surface area (Å²) in [6.07, 6.45) is 2.49. The van der Waals surface area contributed by atoms with E-state index in [9.17, 15) is 4.57 Å². The SMILES string of the molecule is C=CC(=CC)P(=O)(O)O. The lowest BCUT2D eigenvalue weighted by Gasteiger charge is -2.01. The molecule has 0 aliphatic rings. The van der Waals surface area contributed by atoms with Gasteiger partial charge in [-0.25, -0.2) is 0 Å². The van der Waals surface area contributed by atoms with E-state index in [0.29, 0.717) is 0 Å². The van der Waals surface area contributed by atoms with Crippen molar-refractivity contribution in [3.8, 4) is 0 Å². The van der Waals surface area contributed by atoms with Crippen LogP contribution < -0.4 is 0 Å². The molecule has 0 heterocycles. The van der Waals surface area contributed by atoms with Gasteiger partial charge in [-0.15, -0.1) is 0 Å². The van der Waals surface area contributed by atoms with E-state index in [1.807, 2.05) is 0 Å². The third-order valence-corrected chi connectivity index (χ3v) is 1.95. The van der Waals surface area contributed by atoms with E-state index in [4.69, 9.17) is 9.79 Å². The molecule has 4 heteroatoms. The van der Waals surface area contributed by atoms with Crippen LogP contribution in [0.15, 0.2) is 24.0 Å². The summed E-state index contributed by atoms with van der Waals surface area (Å²) in [7, 11) is -4.03. The predicted octanol–water partition coefficient (Wildman–Crippen LogP) is 1.25. The second-order valence-corrected chi connectivity index (χ2v) is 3.07. The van der Waals surface area contributed by atoms with Crippen LogP contribution in [0, 0.1) is 0 Å². The highest BCUT2D eigenvalue weighted by Crippen LogP contribution is 2.44. The zero-order valence-electron chi connectivity index (χ0n) is 5.11. The van der Waals surface area contributed by atoms with E-state index < -0.39 is 7.60 Å². The molecule has 9 heavy (non-hydrogen) atoms. The monoisotopic (exact) mass is 148 g/mol. The molecule has 0 saturated heterocycles. The van der Waals surface area contributed by atoms with Crippen molar-refractivity contribution in [3.05, 3.63) is 24.0 Å². The molecule has 0 bridgehead atoms. The van der Waals surface area contributed by atoms with Gasteiger partial charge in [0.2, 0.25) is 0 Å².